The highest BCUT2D eigenvalue weighted by Gasteiger charge is 2.45. The molecule has 0 saturated carbocycles. The second kappa shape index (κ2) is 19.0. The van der Waals surface area contributed by atoms with Crippen molar-refractivity contribution in [3.05, 3.63) is 117 Å². The normalized spacial score (nSPS) is 13.9. The van der Waals surface area contributed by atoms with E-state index in [0.29, 0.717) is 0 Å². The third-order valence-electron chi connectivity index (χ3n) is 9.44. The van der Waals surface area contributed by atoms with Crippen molar-refractivity contribution >= 4 is 37.1 Å². The molecule has 4 aromatic carbocycles. The summed E-state index contributed by atoms with van der Waals surface area (Å²) in [6.07, 6.45) is -47.2. The molecule has 0 unspecified atom stereocenters. The minimum atomic E-state index is -5.65. The van der Waals surface area contributed by atoms with Gasteiger partial charge in [-0.2, -0.15) is 105 Å². The Hall–Kier alpha value is -3.94. The molecule has 65 heavy (non-hydrogen) atoms. The van der Waals surface area contributed by atoms with E-state index in [1.165, 1.54) is 0 Å². The molecule has 4 aromatic rings. The van der Waals surface area contributed by atoms with Crippen molar-refractivity contribution in [3.63, 3.8) is 0 Å². The van der Waals surface area contributed by atoms with Crippen molar-refractivity contribution in [1.29, 1.82) is 0 Å². The van der Waals surface area contributed by atoms with Gasteiger partial charge in [-0.3, -0.25) is 0 Å². The first-order chi connectivity index (χ1) is 29.3. The maximum absolute atomic E-state index is 14.3. The van der Waals surface area contributed by atoms with Crippen molar-refractivity contribution in [2.75, 3.05) is 12.3 Å². The highest BCUT2D eigenvalue weighted by molar-refractivity contribution is 7.73. The van der Waals surface area contributed by atoms with Crippen LogP contribution in [0.5, 0.6) is 0 Å². The quantitative estimate of drug-likeness (QED) is 0.0754. The molecule has 0 aliphatic rings. The number of hydrogen-bond donors (Lipinski definition) is 0. The Bertz CT molecular complexity index is 1960. The summed E-state index contributed by atoms with van der Waals surface area (Å²) < 4.78 is 332. The molecule has 0 spiro atoms. The van der Waals surface area contributed by atoms with Crippen LogP contribution in [-0.4, -0.2) is 12.3 Å². The Kier molecular flexibility index (Phi) is 15.7. The molecule has 0 radical (unpaired) electrons. The summed E-state index contributed by atoms with van der Waals surface area (Å²) in [4.78, 5) is 0. The van der Waals surface area contributed by atoms with Crippen molar-refractivity contribution in [1.82, 2.24) is 0 Å². The molecule has 0 atom stereocenters. The van der Waals surface area contributed by atoms with Crippen molar-refractivity contribution < 1.29 is 105 Å². The van der Waals surface area contributed by atoms with Gasteiger partial charge in [-0.1, -0.05) is 43.5 Å². The Labute approximate surface area is 353 Å². The van der Waals surface area contributed by atoms with Crippen LogP contribution in [0, 0.1) is 0 Å². The number of alkyl halides is 24. The molecule has 0 aliphatic heterocycles. The predicted molar refractivity (Wildman–Crippen MR) is 191 cm³/mol. The molecule has 4 rings (SSSR count). The molecule has 0 aromatic heterocycles. The number of hydrogen-bond acceptors (Lipinski definition) is 0. The van der Waals surface area contributed by atoms with Crippen LogP contribution in [0.2, 0.25) is 0 Å². The molecule has 360 valence electrons. The van der Waals surface area contributed by atoms with Gasteiger partial charge in [0, 0.05) is 0 Å². The van der Waals surface area contributed by atoms with E-state index < -0.39 is 156 Å². The molecule has 0 fully saturated rings. The molecular weight excluding hydrogens is 986 g/mol. The lowest BCUT2D eigenvalue weighted by atomic mass is 10.1. The lowest BCUT2D eigenvalue weighted by Gasteiger charge is -2.27. The second-order valence-electron chi connectivity index (χ2n) is 14.0. The van der Waals surface area contributed by atoms with Crippen LogP contribution >= 0.6 is 15.8 Å². The molecular formula is C39H26F24P2. The van der Waals surface area contributed by atoms with Crippen LogP contribution in [0.3, 0.4) is 0 Å². The summed E-state index contributed by atoms with van der Waals surface area (Å²) in [5.74, 6) is 0. The molecule has 26 heteroatoms. The molecule has 0 N–H and O–H groups in total. The highest BCUT2D eigenvalue weighted by Crippen LogP contribution is 2.49. The van der Waals surface area contributed by atoms with Crippen LogP contribution in [-0.2, 0) is 49.4 Å². The summed E-state index contributed by atoms with van der Waals surface area (Å²) in [7, 11) is -6.22. The van der Waals surface area contributed by atoms with Gasteiger partial charge in [0.1, 0.15) is 0 Å². The van der Waals surface area contributed by atoms with Gasteiger partial charge in [0.15, 0.2) is 0 Å². The van der Waals surface area contributed by atoms with Gasteiger partial charge in [-0.25, -0.2) is 0 Å². The van der Waals surface area contributed by atoms with Crippen LogP contribution in [0.15, 0.2) is 72.8 Å². The third kappa shape index (κ3) is 13.6. The topological polar surface area (TPSA) is 0 Å². The second-order valence-corrected chi connectivity index (χ2v) is 18.5. The fraction of sp³-hybridized carbons (Fsp3) is 0.385. The van der Waals surface area contributed by atoms with E-state index in [-0.39, 0.29) is 92.1 Å². The Balaban J connectivity index is 1.71. The number of rotatable bonds is 12. The smallest absolute Gasteiger partial charge is 0.166 e. The Morgan fingerprint density at radius 3 is 0.600 bits per heavy atom. The maximum Gasteiger partial charge on any atom is 0.417 e. The standard InChI is InChI=1S/C39H26F24P2/c40-32(41,42)20-6-10-28(24(16-20)36(52,53)54)64(29-11-7-21(33(43,44)45)17-25(29)37(55,56)57)14-4-2-1-3-5-15-65(30-12-8-22(34(46,47)48)18-26(30)38(58,59)60)31-13-9-23(35(49,50)51)19-27(31)39(61,62)63/h6-13,16-19H,1-5,14-15H2. The summed E-state index contributed by atoms with van der Waals surface area (Å²) in [5.41, 5.74) is -15.7. The van der Waals surface area contributed by atoms with Crippen LogP contribution in [0.25, 0.3) is 0 Å². The monoisotopic (exact) mass is 1010 g/mol. The third-order valence-corrected chi connectivity index (χ3v) is 14.9. The van der Waals surface area contributed by atoms with Crippen molar-refractivity contribution in [2.45, 2.75) is 81.5 Å². The van der Waals surface area contributed by atoms with Gasteiger partial charge >= 0.3 is 49.4 Å². The van der Waals surface area contributed by atoms with Crippen LogP contribution < -0.4 is 21.2 Å². The molecule has 0 heterocycles. The minimum Gasteiger partial charge on any atom is -0.166 e. The van der Waals surface area contributed by atoms with Crippen molar-refractivity contribution in [2.24, 2.45) is 0 Å². The number of benzene rings is 4. The minimum absolute atomic E-state index is 0.122. The molecule has 0 amide bonds. The number of unbranched alkanes of at least 4 members (excludes halogenated alkanes) is 4. The van der Waals surface area contributed by atoms with E-state index in [1.807, 2.05) is 0 Å². The predicted octanol–water partition coefficient (Wildman–Crippen LogP) is 15.4. The first-order valence-corrected chi connectivity index (χ1v) is 21.1. The maximum atomic E-state index is 14.3. The zero-order valence-corrected chi connectivity index (χ0v) is 33.6. The zero-order chi connectivity index (χ0) is 49.5. The Morgan fingerprint density at radius 2 is 0.431 bits per heavy atom. The van der Waals surface area contributed by atoms with Gasteiger partial charge in [-0.05, 0) is 111 Å². The zero-order valence-electron chi connectivity index (χ0n) is 31.8. The van der Waals surface area contributed by atoms with E-state index in [0.717, 1.165) is 0 Å². The summed E-state index contributed by atoms with van der Waals surface area (Å²) in [5, 5.41) is -4.54. The van der Waals surface area contributed by atoms with Crippen LogP contribution in [0.1, 0.15) is 76.6 Å². The van der Waals surface area contributed by atoms with Gasteiger partial charge in [0.05, 0.1) is 44.5 Å². The average molecular weight is 1010 g/mol. The highest BCUT2D eigenvalue weighted by atomic mass is 31.1. The van der Waals surface area contributed by atoms with E-state index in [1.54, 1.807) is 0 Å². The van der Waals surface area contributed by atoms with E-state index in [4.69, 9.17) is 0 Å². The van der Waals surface area contributed by atoms with Gasteiger partial charge in [0.25, 0.3) is 0 Å². The van der Waals surface area contributed by atoms with Gasteiger partial charge in [0.2, 0.25) is 0 Å². The van der Waals surface area contributed by atoms with Crippen molar-refractivity contribution in [3.8, 4) is 0 Å². The van der Waals surface area contributed by atoms with Gasteiger partial charge in [-0.15, -0.1) is 0 Å². The molecule has 0 nitrogen and oxygen atoms in total. The lowest BCUT2D eigenvalue weighted by molar-refractivity contribution is -0.144. The largest absolute Gasteiger partial charge is 0.417 e. The first-order valence-electron chi connectivity index (χ1n) is 18.0. The van der Waals surface area contributed by atoms with E-state index in [2.05, 4.69) is 0 Å². The molecule has 0 aliphatic carbocycles. The molecule has 0 bridgehead atoms. The van der Waals surface area contributed by atoms with Gasteiger partial charge < -0.3 is 0 Å². The Morgan fingerprint density at radius 1 is 0.246 bits per heavy atom. The average Bonchev–Trinajstić information content (AvgIpc) is 3.14. The summed E-state index contributed by atoms with van der Waals surface area (Å²) in [6, 6.07) is -0.0970. The van der Waals surface area contributed by atoms with E-state index >= 15 is 0 Å². The summed E-state index contributed by atoms with van der Waals surface area (Å²) in [6.45, 7) is 0. The SMILES string of the molecule is FC(F)(F)c1ccc(P(CCCCCCCP(c2ccc(C(F)(F)F)cc2C(F)(F)F)c2ccc(C(F)(F)F)cc2C(F)(F)F)c2ccc(C(F)(F)F)cc2C(F)(F)F)c(C(F)(F)F)c1. The fourth-order valence-corrected chi connectivity index (χ4v) is 12.0. The first kappa shape index (κ1) is 53.7. The molecule has 0 saturated heterocycles. The van der Waals surface area contributed by atoms with Crippen LogP contribution in [0.4, 0.5) is 105 Å². The van der Waals surface area contributed by atoms with E-state index in [9.17, 15) is 105 Å². The fourth-order valence-electron chi connectivity index (χ4n) is 6.51. The number of halogens is 24. The summed E-state index contributed by atoms with van der Waals surface area (Å²) >= 11 is 0. The lowest BCUT2D eigenvalue weighted by Crippen LogP contribution is -2.29.